The maximum Gasteiger partial charge on any atom is 0.288 e. The van der Waals surface area contributed by atoms with Crippen molar-refractivity contribution >= 4 is 17.3 Å². The van der Waals surface area contributed by atoms with Crippen LogP contribution in [0.15, 0.2) is 42.5 Å². The Kier molecular flexibility index (Phi) is 4.77. The lowest BCUT2D eigenvalue weighted by atomic mass is 10.1. The Morgan fingerprint density at radius 1 is 1.24 bits per heavy atom. The summed E-state index contributed by atoms with van der Waals surface area (Å²) in [7, 11) is 0. The molecule has 0 bridgehead atoms. The third kappa shape index (κ3) is 3.71. The first kappa shape index (κ1) is 15.3. The van der Waals surface area contributed by atoms with Gasteiger partial charge >= 0.3 is 0 Å². The average molecular weight is 307 g/mol. The van der Waals surface area contributed by atoms with Crippen LogP contribution in [0.4, 0.5) is 5.69 Å². The smallest absolute Gasteiger partial charge is 0.288 e. The second-order valence-electron chi connectivity index (χ2n) is 4.56. The summed E-state index contributed by atoms with van der Waals surface area (Å²) < 4.78 is 5.61. The van der Waals surface area contributed by atoms with Gasteiger partial charge < -0.3 is 10.5 Å². The SMILES string of the molecule is CC[C@H](N)c1ccc(Oc2ccc([N+](=O)[O-])c(Cl)c2)cc1. The lowest BCUT2D eigenvalue weighted by Gasteiger charge is -2.10. The van der Waals surface area contributed by atoms with Gasteiger partial charge in [-0.2, -0.15) is 0 Å². The van der Waals surface area contributed by atoms with E-state index in [-0.39, 0.29) is 16.8 Å². The number of benzene rings is 2. The van der Waals surface area contributed by atoms with Gasteiger partial charge in [-0.25, -0.2) is 0 Å². The van der Waals surface area contributed by atoms with Gasteiger partial charge in [0.05, 0.1) is 4.92 Å². The molecule has 0 unspecified atom stereocenters. The lowest BCUT2D eigenvalue weighted by molar-refractivity contribution is -0.384. The third-order valence-electron chi connectivity index (χ3n) is 3.10. The highest BCUT2D eigenvalue weighted by Gasteiger charge is 2.13. The molecule has 110 valence electrons. The molecule has 1 atom stereocenters. The monoisotopic (exact) mass is 306 g/mol. The molecule has 0 saturated carbocycles. The number of halogens is 1. The Morgan fingerprint density at radius 2 is 1.86 bits per heavy atom. The summed E-state index contributed by atoms with van der Waals surface area (Å²) in [6, 6.07) is 11.7. The summed E-state index contributed by atoms with van der Waals surface area (Å²) in [5.41, 5.74) is 6.83. The first-order chi connectivity index (χ1) is 10.0. The highest BCUT2D eigenvalue weighted by Crippen LogP contribution is 2.31. The number of hydrogen-bond acceptors (Lipinski definition) is 4. The molecule has 0 aromatic heterocycles. The van der Waals surface area contributed by atoms with Gasteiger partial charge in [0.25, 0.3) is 5.69 Å². The predicted octanol–water partition coefficient (Wildman–Crippen LogP) is 4.45. The molecule has 0 aliphatic heterocycles. The molecule has 2 aromatic carbocycles. The minimum Gasteiger partial charge on any atom is -0.457 e. The van der Waals surface area contributed by atoms with Crippen LogP contribution in [0, 0.1) is 10.1 Å². The van der Waals surface area contributed by atoms with E-state index in [1.807, 2.05) is 19.1 Å². The summed E-state index contributed by atoms with van der Waals surface area (Å²) in [5.74, 6) is 1.06. The largest absolute Gasteiger partial charge is 0.457 e. The molecule has 0 aliphatic carbocycles. The molecule has 0 saturated heterocycles. The van der Waals surface area contributed by atoms with Crippen LogP contribution < -0.4 is 10.5 Å². The first-order valence-electron chi connectivity index (χ1n) is 6.48. The van der Waals surface area contributed by atoms with Crippen LogP contribution in [0.2, 0.25) is 5.02 Å². The van der Waals surface area contributed by atoms with Crippen molar-refractivity contribution in [2.45, 2.75) is 19.4 Å². The van der Waals surface area contributed by atoms with Crippen LogP contribution in [0.5, 0.6) is 11.5 Å². The summed E-state index contributed by atoms with van der Waals surface area (Å²) in [6.45, 7) is 2.02. The van der Waals surface area contributed by atoms with Crippen LogP contribution in [-0.4, -0.2) is 4.92 Å². The van der Waals surface area contributed by atoms with Crippen molar-refractivity contribution in [2.75, 3.05) is 0 Å². The highest BCUT2D eigenvalue weighted by molar-refractivity contribution is 6.32. The standard InChI is InChI=1S/C15H15ClN2O3/c1-2-14(17)10-3-5-11(6-4-10)21-12-7-8-15(18(19)20)13(16)9-12/h3-9,14H,2,17H2,1H3/t14-/m0/s1. The zero-order chi connectivity index (χ0) is 15.4. The van der Waals surface area contributed by atoms with Gasteiger partial charge in [-0.1, -0.05) is 30.7 Å². The average Bonchev–Trinajstić information content (AvgIpc) is 2.47. The maximum absolute atomic E-state index is 10.7. The number of nitro benzene ring substituents is 1. The number of ether oxygens (including phenoxy) is 1. The highest BCUT2D eigenvalue weighted by atomic mass is 35.5. The summed E-state index contributed by atoms with van der Waals surface area (Å²) in [4.78, 5) is 10.2. The Bertz CT molecular complexity index is 644. The van der Waals surface area contributed by atoms with E-state index in [4.69, 9.17) is 22.1 Å². The second kappa shape index (κ2) is 6.56. The van der Waals surface area contributed by atoms with Crippen LogP contribution in [0.1, 0.15) is 24.9 Å². The number of nitrogens with zero attached hydrogens (tertiary/aromatic N) is 1. The Morgan fingerprint density at radius 3 is 2.38 bits per heavy atom. The molecule has 21 heavy (non-hydrogen) atoms. The quantitative estimate of drug-likeness (QED) is 0.654. The minimum atomic E-state index is -0.535. The number of rotatable bonds is 5. The van der Waals surface area contributed by atoms with Gasteiger partial charge in [0.2, 0.25) is 0 Å². The lowest BCUT2D eigenvalue weighted by Crippen LogP contribution is -2.07. The molecular formula is C15H15ClN2O3. The van der Waals surface area contributed by atoms with E-state index in [0.717, 1.165) is 12.0 Å². The van der Waals surface area contributed by atoms with E-state index >= 15 is 0 Å². The molecule has 2 aromatic rings. The van der Waals surface area contributed by atoms with Gasteiger partial charge in [-0.05, 0) is 30.2 Å². The fraction of sp³-hybridized carbons (Fsp3) is 0.200. The van der Waals surface area contributed by atoms with Gasteiger partial charge in [-0.3, -0.25) is 10.1 Å². The third-order valence-corrected chi connectivity index (χ3v) is 3.40. The van der Waals surface area contributed by atoms with Crippen molar-refractivity contribution in [3.8, 4) is 11.5 Å². The van der Waals surface area contributed by atoms with Gasteiger partial charge in [0.15, 0.2) is 0 Å². The molecule has 2 rings (SSSR count). The van der Waals surface area contributed by atoms with Crippen molar-refractivity contribution in [1.82, 2.24) is 0 Å². The van der Waals surface area contributed by atoms with E-state index in [2.05, 4.69) is 0 Å². The topological polar surface area (TPSA) is 78.4 Å². The van der Waals surface area contributed by atoms with Crippen LogP contribution >= 0.6 is 11.6 Å². The maximum atomic E-state index is 10.7. The van der Waals surface area contributed by atoms with E-state index in [9.17, 15) is 10.1 Å². The van der Waals surface area contributed by atoms with E-state index in [1.165, 1.54) is 18.2 Å². The van der Waals surface area contributed by atoms with Crippen molar-refractivity contribution in [3.63, 3.8) is 0 Å². The zero-order valence-electron chi connectivity index (χ0n) is 11.5. The second-order valence-corrected chi connectivity index (χ2v) is 4.96. The fourth-order valence-corrected chi connectivity index (χ4v) is 2.09. The first-order valence-corrected chi connectivity index (χ1v) is 6.86. The molecule has 0 amide bonds. The molecule has 0 aliphatic rings. The van der Waals surface area contributed by atoms with Crippen LogP contribution in [0.3, 0.4) is 0 Å². The normalized spacial score (nSPS) is 12.0. The molecule has 6 heteroatoms. The fourth-order valence-electron chi connectivity index (χ4n) is 1.85. The summed E-state index contributed by atoms with van der Waals surface area (Å²) in [5, 5.41) is 10.7. The van der Waals surface area contributed by atoms with Gasteiger partial charge in [0, 0.05) is 18.2 Å². The molecule has 0 heterocycles. The minimum absolute atomic E-state index is 0.00729. The van der Waals surface area contributed by atoms with E-state index in [0.29, 0.717) is 11.5 Å². The summed E-state index contributed by atoms with van der Waals surface area (Å²) >= 11 is 5.84. The Hall–Kier alpha value is -2.11. The number of hydrogen-bond donors (Lipinski definition) is 1. The van der Waals surface area contributed by atoms with Crippen molar-refractivity contribution in [1.29, 1.82) is 0 Å². The molecule has 2 N–H and O–H groups in total. The van der Waals surface area contributed by atoms with E-state index in [1.54, 1.807) is 12.1 Å². The molecular weight excluding hydrogens is 292 g/mol. The van der Waals surface area contributed by atoms with Crippen LogP contribution in [-0.2, 0) is 0 Å². The van der Waals surface area contributed by atoms with E-state index < -0.39 is 4.92 Å². The molecule has 0 spiro atoms. The number of nitrogens with two attached hydrogens (primary N) is 1. The van der Waals surface area contributed by atoms with Crippen LogP contribution in [0.25, 0.3) is 0 Å². The molecule has 0 radical (unpaired) electrons. The van der Waals surface area contributed by atoms with Crippen molar-refractivity contribution in [2.24, 2.45) is 5.73 Å². The predicted molar refractivity (Wildman–Crippen MR) is 81.8 cm³/mol. The van der Waals surface area contributed by atoms with Gasteiger partial charge in [0.1, 0.15) is 16.5 Å². The molecule has 5 nitrogen and oxygen atoms in total. The number of nitro groups is 1. The van der Waals surface area contributed by atoms with Gasteiger partial charge in [-0.15, -0.1) is 0 Å². The van der Waals surface area contributed by atoms with Crippen molar-refractivity contribution < 1.29 is 9.66 Å². The zero-order valence-corrected chi connectivity index (χ0v) is 12.2. The Labute approximate surface area is 127 Å². The Balaban J connectivity index is 2.15. The summed E-state index contributed by atoms with van der Waals surface area (Å²) in [6.07, 6.45) is 0.859. The molecule has 0 fully saturated rings. The van der Waals surface area contributed by atoms with Crippen molar-refractivity contribution in [3.05, 3.63) is 63.2 Å².